The van der Waals surface area contributed by atoms with E-state index in [1.165, 1.54) is 0 Å². The zero-order chi connectivity index (χ0) is 32.6. The van der Waals surface area contributed by atoms with E-state index in [9.17, 15) is 14.2 Å². The highest BCUT2D eigenvalue weighted by Crippen LogP contribution is 2.51. The van der Waals surface area contributed by atoms with Crippen LogP contribution in [0.2, 0.25) is 0 Å². The summed E-state index contributed by atoms with van der Waals surface area (Å²) in [5.74, 6) is 0.925. The number of rotatable bonds is 15. The highest BCUT2D eigenvalue weighted by Gasteiger charge is 2.25. The summed E-state index contributed by atoms with van der Waals surface area (Å²) in [7, 11) is -1.75. The number of carbonyl (C=O) groups excluding carboxylic acids is 1. The van der Waals surface area contributed by atoms with E-state index < -0.39 is 7.60 Å². The number of ether oxygens (including phenoxy) is 2. The fourth-order valence-electron chi connectivity index (χ4n) is 4.92. The predicted molar refractivity (Wildman–Crippen MR) is 175 cm³/mol. The van der Waals surface area contributed by atoms with Crippen LogP contribution in [0.1, 0.15) is 44.4 Å². The Bertz CT molecular complexity index is 1770. The number of pyridine rings is 1. The van der Waals surface area contributed by atoms with Gasteiger partial charge in [-0.3, -0.25) is 14.2 Å². The number of esters is 1. The Hall–Kier alpha value is -4.25. The number of methoxy groups -OCH3 is 1. The first kappa shape index (κ1) is 33.6. The zero-order valence-electron chi connectivity index (χ0n) is 26.5. The first-order valence-electron chi connectivity index (χ1n) is 14.9. The van der Waals surface area contributed by atoms with Crippen LogP contribution < -0.4 is 20.8 Å². The maximum absolute atomic E-state index is 13.4. The summed E-state index contributed by atoms with van der Waals surface area (Å²) >= 11 is 0. The minimum atomic E-state index is -3.30. The van der Waals surface area contributed by atoms with Gasteiger partial charge in [0.05, 0.1) is 55.4 Å². The van der Waals surface area contributed by atoms with Gasteiger partial charge >= 0.3 is 13.6 Å². The molecular formula is C32H40N5O7P. The van der Waals surface area contributed by atoms with E-state index in [-0.39, 0.29) is 43.9 Å². The smallest absolute Gasteiger partial charge is 0.335 e. The maximum Gasteiger partial charge on any atom is 0.335 e. The van der Waals surface area contributed by atoms with E-state index in [1.807, 2.05) is 19.1 Å². The summed E-state index contributed by atoms with van der Waals surface area (Å²) in [5.41, 5.74) is 3.65. The third kappa shape index (κ3) is 8.08. The molecule has 2 heterocycles. The summed E-state index contributed by atoms with van der Waals surface area (Å²) in [6, 6.07) is 10.8. The number of anilines is 4. The van der Waals surface area contributed by atoms with Gasteiger partial charge in [0.15, 0.2) is 5.43 Å². The quantitative estimate of drug-likeness (QED) is 0.109. The van der Waals surface area contributed by atoms with Gasteiger partial charge in [0.25, 0.3) is 0 Å². The van der Waals surface area contributed by atoms with Crippen molar-refractivity contribution in [1.29, 1.82) is 0 Å². The summed E-state index contributed by atoms with van der Waals surface area (Å²) in [5, 5.41) is 6.98. The van der Waals surface area contributed by atoms with Crippen molar-refractivity contribution in [3.05, 3.63) is 75.7 Å². The van der Waals surface area contributed by atoms with Crippen molar-refractivity contribution in [1.82, 2.24) is 14.5 Å². The third-order valence-corrected chi connectivity index (χ3v) is 8.99. The molecule has 0 radical (unpaired) electrons. The summed E-state index contributed by atoms with van der Waals surface area (Å²) in [6.45, 7) is 9.80. The topological polar surface area (TPSA) is 143 Å². The van der Waals surface area contributed by atoms with Gasteiger partial charge < -0.3 is 33.7 Å². The first-order valence-corrected chi connectivity index (χ1v) is 16.6. The molecule has 0 saturated carbocycles. The molecule has 0 unspecified atom stereocenters. The van der Waals surface area contributed by atoms with E-state index in [0.717, 1.165) is 11.1 Å². The van der Waals surface area contributed by atoms with Gasteiger partial charge in [0, 0.05) is 23.5 Å². The summed E-state index contributed by atoms with van der Waals surface area (Å²) < 4.78 is 36.4. The number of hydrogen-bond acceptors (Lipinski definition) is 11. The number of carbonyl (C=O) groups is 1. The summed E-state index contributed by atoms with van der Waals surface area (Å²) in [4.78, 5) is 34.9. The second-order valence-electron chi connectivity index (χ2n) is 10.1. The Labute approximate surface area is 262 Å². The average Bonchev–Trinajstić information content (AvgIpc) is 3.01. The van der Waals surface area contributed by atoms with Crippen molar-refractivity contribution in [2.45, 2.75) is 53.7 Å². The second-order valence-corrected chi connectivity index (χ2v) is 12.1. The molecular weight excluding hydrogens is 597 g/mol. The molecule has 45 heavy (non-hydrogen) atoms. The number of nitrogens with one attached hydrogen (secondary N) is 2. The number of aryl methyl sites for hydroxylation is 2. The number of fused-ring (bicyclic) bond motifs is 1. The van der Waals surface area contributed by atoms with Gasteiger partial charge in [-0.15, -0.1) is 0 Å². The van der Waals surface area contributed by atoms with Crippen LogP contribution in [0.4, 0.5) is 23.1 Å². The molecule has 0 amide bonds. The molecule has 0 bridgehead atoms. The molecule has 0 aliphatic heterocycles. The van der Waals surface area contributed by atoms with Crippen molar-refractivity contribution in [3.63, 3.8) is 0 Å². The molecule has 2 aromatic carbocycles. The van der Waals surface area contributed by atoms with Crippen LogP contribution in [-0.4, -0.2) is 47.4 Å². The molecule has 12 nitrogen and oxygen atoms in total. The number of benzene rings is 2. The fourth-order valence-corrected chi connectivity index (χ4v) is 6.61. The molecule has 0 atom stereocenters. The van der Waals surface area contributed by atoms with Crippen LogP contribution in [-0.2, 0) is 42.3 Å². The molecule has 0 aliphatic carbocycles. The molecule has 13 heteroatoms. The van der Waals surface area contributed by atoms with Gasteiger partial charge in [-0.2, -0.15) is 4.98 Å². The van der Waals surface area contributed by atoms with Crippen LogP contribution in [0.5, 0.6) is 5.75 Å². The lowest BCUT2D eigenvalue weighted by molar-refractivity contribution is -0.143. The molecule has 0 aliphatic rings. The van der Waals surface area contributed by atoms with Crippen LogP contribution in [0, 0.1) is 6.92 Å². The maximum atomic E-state index is 13.4. The average molecular weight is 638 g/mol. The Morgan fingerprint density at radius 2 is 1.76 bits per heavy atom. The first-order chi connectivity index (χ1) is 21.6. The van der Waals surface area contributed by atoms with E-state index in [2.05, 4.69) is 15.6 Å². The van der Waals surface area contributed by atoms with Crippen molar-refractivity contribution in [3.8, 4) is 5.75 Å². The van der Waals surface area contributed by atoms with E-state index >= 15 is 0 Å². The molecule has 0 saturated heterocycles. The van der Waals surface area contributed by atoms with Crippen molar-refractivity contribution in [2.75, 3.05) is 37.6 Å². The Morgan fingerprint density at radius 1 is 1.00 bits per heavy atom. The third-order valence-electron chi connectivity index (χ3n) is 6.93. The lowest BCUT2D eigenvalue weighted by atomic mass is 10.1. The number of hydrogen-bond donors (Lipinski definition) is 2. The lowest BCUT2D eigenvalue weighted by Crippen LogP contribution is -2.19. The highest BCUT2D eigenvalue weighted by molar-refractivity contribution is 7.53. The van der Waals surface area contributed by atoms with E-state index in [4.69, 9.17) is 23.5 Å². The Morgan fingerprint density at radius 3 is 2.42 bits per heavy atom. The number of aromatic nitrogens is 3. The lowest BCUT2D eigenvalue weighted by Gasteiger charge is -2.18. The van der Waals surface area contributed by atoms with Crippen molar-refractivity contribution in [2.24, 2.45) is 0 Å². The van der Waals surface area contributed by atoms with Crippen LogP contribution in [0.25, 0.3) is 10.9 Å². The highest BCUT2D eigenvalue weighted by atomic mass is 31.2. The molecule has 0 spiro atoms. The van der Waals surface area contributed by atoms with Crippen LogP contribution in [0.15, 0.2) is 53.6 Å². The van der Waals surface area contributed by atoms with Crippen LogP contribution in [0.3, 0.4) is 0 Å². The minimum absolute atomic E-state index is 0.0217. The largest absolute Gasteiger partial charge is 0.495 e. The van der Waals surface area contributed by atoms with Gasteiger partial charge in [-0.25, -0.2) is 4.98 Å². The normalized spacial score (nSPS) is 11.4. The molecule has 2 N–H and O–H groups in total. The van der Waals surface area contributed by atoms with Crippen molar-refractivity contribution >= 4 is 47.6 Å². The molecule has 2 aromatic heterocycles. The van der Waals surface area contributed by atoms with Gasteiger partial charge in [-0.05, 0) is 63.9 Å². The minimum Gasteiger partial charge on any atom is -0.495 e. The van der Waals surface area contributed by atoms with Crippen molar-refractivity contribution < 1.29 is 27.9 Å². The second kappa shape index (κ2) is 15.2. The SMILES string of the molecule is CCOC(=O)Cn1cc(C)c(=O)c2c(Nc3nc(Nc4ccc(CP(=O)(OCC)OCC)cc4OC)ncc3CC)cccc21. The molecule has 0 fully saturated rings. The van der Waals surface area contributed by atoms with E-state index in [0.29, 0.717) is 51.8 Å². The number of nitrogens with zero attached hydrogens (tertiary/aromatic N) is 3. The Balaban J connectivity index is 1.67. The van der Waals surface area contributed by atoms with Gasteiger partial charge in [-0.1, -0.05) is 19.1 Å². The van der Waals surface area contributed by atoms with Crippen LogP contribution >= 0.6 is 7.60 Å². The monoisotopic (exact) mass is 637 g/mol. The molecule has 4 rings (SSSR count). The Kier molecular flexibility index (Phi) is 11.3. The summed E-state index contributed by atoms with van der Waals surface area (Å²) in [6.07, 6.45) is 4.12. The molecule has 4 aromatic rings. The standard InChI is InChI=1S/C32H40N5O7P/c1-7-23-17-33-32(35-24-15-14-22(16-27(24)41-6)20-45(40,43-9-3)44-10-4)36-31(23)34-25-12-11-13-26-29(25)30(39)21(5)18-37(26)19-28(38)42-8-2/h11-18H,7-10,19-20H2,1-6H3,(H2,33,34,35,36). The van der Waals surface area contributed by atoms with E-state index in [1.54, 1.807) is 76.0 Å². The van der Waals surface area contributed by atoms with Gasteiger partial charge in [0.2, 0.25) is 5.95 Å². The van der Waals surface area contributed by atoms with Gasteiger partial charge in [0.1, 0.15) is 18.1 Å². The predicted octanol–water partition coefficient (Wildman–Crippen LogP) is 6.49. The fraction of sp³-hybridized carbons (Fsp3) is 0.375. The zero-order valence-corrected chi connectivity index (χ0v) is 27.4. The molecule has 240 valence electrons.